The largest absolute Gasteiger partial charge is 0.469 e. The second-order valence-electron chi connectivity index (χ2n) is 9.17. The Kier molecular flexibility index (Phi) is 5.19. The van der Waals surface area contributed by atoms with Crippen molar-refractivity contribution in [2.45, 2.75) is 71.8 Å². The third-order valence-corrected chi connectivity index (χ3v) is 8.00. The van der Waals surface area contributed by atoms with Crippen molar-refractivity contribution in [1.82, 2.24) is 0 Å². The van der Waals surface area contributed by atoms with E-state index in [1.807, 2.05) is 6.92 Å². The zero-order chi connectivity index (χ0) is 19.1. The summed E-state index contributed by atoms with van der Waals surface area (Å²) in [5.74, 6) is 0.511. The molecule has 0 saturated heterocycles. The lowest BCUT2D eigenvalue weighted by molar-refractivity contribution is -0.175. The number of esters is 2. The molecule has 0 spiro atoms. The molecule has 3 aliphatic rings. The van der Waals surface area contributed by atoms with Gasteiger partial charge < -0.3 is 14.3 Å². The Morgan fingerprint density at radius 1 is 1.08 bits per heavy atom. The smallest absolute Gasteiger partial charge is 0.312 e. The van der Waals surface area contributed by atoms with E-state index in [0.717, 1.165) is 44.8 Å². The van der Waals surface area contributed by atoms with Crippen LogP contribution in [0.5, 0.6) is 0 Å². The minimum atomic E-state index is -0.699. The number of ether oxygens (including phenoxy) is 2. The summed E-state index contributed by atoms with van der Waals surface area (Å²) in [6, 6.07) is 0. The molecule has 0 bridgehead atoms. The first-order valence-electron chi connectivity index (χ1n) is 9.97. The summed E-state index contributed by atoms with van der Waals surface area (Å²) < 4.78 is 10.5. The van der Waals surface area contributed by atoms with Gasteiger partial charge in [0, 0.05) is 12.8 Å². The lowest BCUT2D eigenvalue weighted by Gasteiger charge is -2.59. The molecule has 0 aromatic rings. The Hall–Kier alpha value is -1.39. The minimum absolute atomic E-state index is 0.0351. The van der Waals surface area contributed by atoms with E-state index in [1.165, 1.54) is 14.0 Å². The first-order valence-corrected chi connectivity index (χ1v) is 9.97. The maximum atomic E-state index is 12.4. The van der Waals surface area contributed by atoms with E-state index in [9.17, 15) is 14.4 Å². The van der Waals surface area contributed by atoms with Crippen LogP contribution >= 0.6 is 0 Å². The first kappa shape index (κ1) is 19.4. The Labute approximate surface area is 156 Å². The fraction of sp³-hybridized carbons (Fsp3) is 0.857. The van der Waals surface area contributed by atoms with E-state index in [0.29, 0.717) is 18.3 Å². The second-order valence-corrected chi connectivity index (χ2v) is 9.17. The summed E-state index contributed by atoms with van der Waals surface area (Å²) in [4.78, 5) is 35.8. The number of methoxy groups -OCH3 is 1. The summed E-state index contributed by atoms with van der Waals surface area (Å²) in [5, 5.41) is 0. The van der Waals surface area contributed by atoms with Gasteiger partial charge >= 0.3 is 11.9 Å². The highest BCUT2D eigenvalue weighted by molar-refractivity contribution is 5.81. The SMILES string of the molecule is COC(=O)[C@@]1(C)CC[C@H]2[C@@H](CC[C@@H]3C[C@@H](OC(C)=O)CC[C@@]32C)C1C=O. The normalized spacial score (nSPS) is 45.0. The molecule has 26 heavy (non-hydrogen) atoms. The number of carbonyl (C=O) groups is 3. The van der Waals surface area contributed by atoms with Gasteiger partial charge in [-0.05, 0) is 75.0 Å². The molecule has 0 amide bonds. The quantitative estimate of drug-likeness (QED) is 0.566. The van der Waals surface area contributed by atoms with Crippen LogP contribution in [0, 0.1) is 34.5 Å². The molecular formula is C21H32O5. The average molecular weight is 364 g/mol. The number of hydrogen-bond donors (Lipinski definition) is 0. The van der Waals surface area contributed by atoms with Crippen molar-refractivity contribution in [3.63, 3.8) is 0 Å². The van der Waals surface area contributed by atoms with Gasteiger partial charge in [0.2, 0.25) is 0 Å². The molecule has 5 nitrogen and oxygen atoms in total. The third kappa shape index (κ3) is 2.97. The number of rotatable bonds is 3. The van der Waals surface area contributed by atoms with E-state index in [-0.39, 0.29) is 35.3 Å². The van der Waals surface area contributed by atoms with Crippen LogP contribution in [0.2, 0.25) is 0 Å². The summed E-state index contributed by atoms with van der Waals surface area (Å²) >= 11 is 0. The number of aldehydes is 1. The Balaban J connectivity index is 1.82. The molecule has 1 unspecified atom stereocenters. The van der Waals surface area contributed by atoms with Gasteiger partial charge in [-0.2, -0.15) is 0 Å². The topological polar surface area (TPSA) is 69.7 Å². The fourth-order valence-electron chi connectivity index (χ4n) is 6.53. The van der Waals surface area contributed by atoms with Crippen LogP contribution in [0.1, 0.15) is 65.7 Å². The van der Waals surface area contributed by atoms with Crippen molar-refractivity contribution < 1.29 is 23.9 Å². The zero-order valence-corrected chi connectivity index (χ0v) is 16.5. The van der Waals surface area contributed by atoms with Gasteiger partial charge in [0.25, 0.3) is 0 Å². The van der Waals surface area contributed by atoms with E-state index in [4.69, 9.17) is 9.47 Å². The van der Waals surface area contributed by atoms with Gasteiger partial charge in [0.05, 0.1) is 12.5 Å². The molecule has 0 radical (unpaired) electrons. The Bertz CT molecular complexity index is 587. The highest BCUT2D eigenvalue weighted by Crippen LogP contribution is 2.62. The Morgan fingerprint density at radius 2 is 1.81 bits per heavy atom. The molecule has 0 N–H and O–H groups in total. The maximum absolute atomic E-state index is 12.4. The molecule has 0 aliphatic heterocycles. The van der Waals surface area contributed by atoms with Crippen LogP contribution in [-0.2, 0) is 23.9 Å². The molecule has 3 saturated carbocycles. The molecule has 3 fully saturated rings. The Morgan fingerprint density at radius 3 is 2.42 bits per heavy atom. The van der Waals surface area contributed by atoms with Crippen molar-refractivity contribution in [1.29, 1.82) is 0 Å². The van der Waals surface area contributed by atoms with Crippen LogP contribution in [0.25, 0.3) is 0 Å². The number of carbonyl (C=O) groups excluding carboxylic acids is 3. The zero-order valence-electron chi connectivity index (χ0n) is 16.5. The van der Waals surface area contributed by atoms with Crippen LogP contribution in [0.3, 0.4) is 0 Å². The van der Waals surface area contributed by atoms with E-state index in [2.05, 4.69) is 6.92 Å². The lowest BCUT2D eigenvalue weighted by atomic mass is 9.45. The van der Waals surface area contributed by atoms with Gasteiger partial charge in [0.1, 0.15) is 12.4 Å². The van der Waals surface area contributed by atoms with Crippen LogP contribution < -0.4 is 0 Å². The lowest BCUT2D eigenvalue weighted by Crippen LogP contribution is -2.56. The van der Waals surface area contributed by atoms with E-state index in [1.54, 1.807) is 0 Å². The highest BCUT2D eigenvalue weighted by Gasteiger charge is 2.59. The molecule has 3 aliphatic carbocycles. The molecule has 5 heteroatoms. The fourth-order valence-corrected chi connectivity index (χ4v) is 6.53. The van der Waals surface area contributed by atoms with Crippen LogP contribution in [0.4, 0.5) is 0 Å². The summed E-state index contributed by atoms with van der Waals surface area (Å²) in [6.45, 7) is 5.75. The molecule has 3 rings (SSSR count). The molecular weight excluding hydrogens is 332 g/mol. The summed E-state index contributed by atoms with van der Waals surface area (Å²) in [6.07, 6.45) is 7.58. The van der Waals surface area contributed by atoms with Crippen molar-refractivity contribution >= 4 is 18.2 Å². The highest BCUT2D eigenvalue weighted by atomic mass is 16.5. The standard InChI is InChI=1S/C21H32O5/c1-13(23)26-15-7-9-20(2)14(11-15)5-6-16-17(20)8-10-21(3,18(16)12-22)19(24)25-4/h12,14-18H,5-11H2,1-4H3/t14-,15+,16-,17+,18?,20+,21+/m1/s1. The van der Waals surface area contributed by atoms with E-state index >= 15 is 0 Å². The molecule has 0 aromatic carbocycles. The van der Waals surface area contributed by atoms with Crippen molar-refractivity contribution in [3.05, 3.63) is 0 Å². The van der Waals surface area contributed by atoms with Crippen molar-refractivity contribution in [2.75, 3.05) is 7.11 Å². The van der Waals surface area contributed by atoms with Gasteiger partial charge in [-0.25, -0.2) is 0 Å². The monoisotopic (exact) mass is 364 g/mol. The summed E-state index contributed by atoms with van der Waals surface area (Å²) in [5.41, 5.74) is -0.534. The van der Waals surface area contributed by atoms with Gasteiger partial charge in [-0.1, -0.05) is 6.92 Å². The first-order chi connectivity index (χ1) is 12.3. The van der Waals surface area contributed by atoms with Gasteiger partial charge in [0.15, 0.2) is 0 Å². The summed E-state index contributed by atoms with van der Waals surface area (Å²) in [7, 11) is 1.41. The second kappa shape index (κ2) is 6.97. The molecule has 7 atom stereocenters. The number of fused-ring (bicyclic) bond motifs is 3. The van der Waals surface area contributed by atoms with Gasteiger partial charge in [-0.15, -0.1) is 0 Å². The third-order valence-electron chi connectivity index (χ3n) is 8.00. The predicted molar refractivity (Wildman–Crippen MR) is 96.1 cm³/mol. The molecule has 0 heterocycles. The maximum Gasteiger partial charge on any atom is 0.312 e. The average Bonchev–Trinajstić information content (AvgIpc) is 2.60. The predicted octanol–water partition coefficient (Wildman–Crippen LogP) is 3.54. The van der Waals surface area contributed by atoms with Crippen molar-refractivity contribution in [2.24, 2.45) is 34.5 Å². The van der Waals surface area contributed by atoms with Crippen LogP contribution in [-0.4, -0.2) is 31.4 Å². The molecule has 0 aromatic heterocycles. The molecule has 146 valence electrons. The van der Waals surface area contributed by atoms with Gasteiger partial charge in [-0.3, -0.25) is 9.59 Å². The van der Waals surface area contributed by atoms with Crippen LogP contribution in [0.15, 0.2) is 0 Å². The van der Waals surface area contributed by atoms with E-state index < -0.39 is 5.41 Å². The number of hydrogen-bond acceptors (Lipinski definition) is 5. The van der Waals surface area contributed by atoms with Crippen molar-refractivity contribution in [3.8, 4) is 0 Å². The minimum Gasteiger partial charge on any atom is -0.469 e.